The van der Waals surface area contributed by atoms with Crippen LogP contribution in [0.4, 0.5) is 0 Å². The van der Waals surface area contributed by atoms with Gasteiger partial charge in [-0.05, 0) is 24.8 Å². The first-order chi connectivity index (χ1) is 15.2. The van der Waals surface area contributed by atoms with Gasteiger partial charge in [-0.2, -0.15) is 10.5 Å². The van der Waals surface area contributed by atoms with E-state index in [4.69, 9.17) is 0 Å². The molecule has 6 nitrogen and oxygen atoms in total. The Labute approximate surface area is 182 Å². The first-order valence-corrected chi connectivity index (χ1v) is 10.2. The Kier molecular flexibility index (Phi) is 7.27. The summed E-state index contributed by atoms with van der Waals surface area (Å²) in [7, 11) is 0. The Morgan fingerprint density at radius 1 is 0.968 bits per heavy atom. The van der Waals surface area contributed by atoms with Gasteiger partial charge < -0.3 is 15.8 Å². The highest BCUT2D eigenvalue weighted by atomic mass is 16.3. The van der Waals surface area contributed by atoms with E-state index in [2.05, 4.69) is 10.3 Å². The lowest BCUT2D eigenvalue weighted by Gasteiger charge is -2.24. The Hall–Kier alpha value is -3.80. The third-order valence-electron chi connectivity index (χ3n) is 5.24. The number of aliphatic imine (C=N–C) groups is 1. The number of allylic oxidation sites excluding steroid dienone is 2. The Bertz CT molecular complexity index is 1100. The summed E-state index contributed by atoms with van der Waals surface area (Å²) in [6, 6.07) is 21.3. The molecule has 31 heavy (non-hydrogen) atoms. The number of benzene rings is 2. The van der Waals surface area contributed by atoms with Crippen LogP contribution in [0, 0.1) is 22.7 Å². The average molecular weight is 409 g/mol. The standard InChI is InChI=1S/C20H11N4O.C5H11N/c21-11-15(12-22)19-17(13-23)18(14-7-3-1-4-8-14)20(25,24-19)16-9-5-2-6-10-16;1-2-4-6-5-3-1/h1-10,25H;6H,1-5H2/q-1;/p+1. The highest BCUT2D eigenvalue weighted by molar-refractivity contribution is 6.27. The van der Waals surface area contributed by atoms with E-state index in [-0.39, 0.29) is 22.4 Å². The summed E-state index contributed by atoms with van der Waals surface area (Å²) in [5.74, 6) is 1.75. The van der Waals surface area contributed by atoms with Crippen LogP contribution in [0.2, 0.25) is 0 Å². The Morgan fingerprint density at radius 2 is 1.58 bits per heavy atom. The second-order valence-corrected chi connectivity index (χ2v) is 7.25. The molecule has 0 spiro atoms. The Morgan fingerprint density at radius 3 is 2.03 bits per heavy atom. The van der Waals surface area contributed by atoms with Gasteiger partial charge in [0.05, 0.1) is 24.2 Å². The molecule has 2 aliphatic rings. The third kappa shape index (κ3) is 4.69. The highest BCUT2D eigenvalue weighted by Gasteiger charge is 2.43. The van der Waals surface area contributed by atoms with E-state index in [0.29, 0.717) is 11.1 Å². The third-order valence-corrected chi connectivity index (χ3v) is 5.24. The number of nitriles is 2. The van der Waals surface area contributed by atoms with E-state index in [9.17, 15) is 21.0 Å². The molecule has 0 radical (unpaired) electrons. The zero-order chi connectivity index (χ0) is 22.1. The highest BCUT2D eigenvalue weighted by Crippen LogP contribution is 2.45. The smallest absolute Gasteiger partial charge is 0.211 e. The number of quaternary nitrogens is 1. The van der Waals surface area contributed by atoms with Crippen molar-refractivity contribution >= 4 is 17.2 Å². The lowest BCUT2D eigenvalue weighted by Crippen LogP contribution is -2.85. The van der Waals surface area contributed by atoms with Gasteiger partial charge in [0.15, 0.2) is 0 Å². The molecule has 6 heteroatoms. The summed E-state index contributed by atoms with van der Waals surface area (Å²) in [6.07, 6.45) is 4.36. The molecule has 1 fully saturated rings. The SMILES string of the molecule is C1CC[NH2+]CC1.N#CC(=C=[N-])C1=NC(O)(c2ccccc2)C(c2ccccc2)=C1C#N. The van der Waals surface area contributed by atoms with Crippen molar-refractivity contribution < 1.29 is 10.4 Å². The van der Waals surface area contributed by atoms with Crippen molar-refractivity contribution in [2.75, 3.05) is 13.1 Å². The van der Waals surface area contributed by atoms with Crippen LogP contribution < -0.4 is 5.32 Å². The van der Waals surface area contributed by atoms with Gasteiger partial charge in [-0.25, -0.2) is 10.9 Å². The minimum absolute atomic E-state index is 0.0238. The van der Waals surface area contributed by atoms with E-state index < -0.39 is 5.72 Å². The summed E-state index contributed by atoms with van der Waals surface area (Å²) in [6.45, 7) is 2.75. The molecule has 2 heterocycles. The zero-order valence-corrected chi connectivity index (χ0v) is 17.1. The monoisotopic (exact) mass is 409 g/mol. The van der Waals surface area contributed by atoms with E-state index >= 15 is 0 Å². The summed E-state index contributed by atoms with van der Waals surface area (Å²) in [4.78, 5) is 4.24. The Balaban J connectivity index is 0.000000391. The van der Waals surface area contributed by atoms with E-state index in [1.807, 2.05) is 12.1 Å². The second kappa shape index (κ2) is 10.3. The van der Waals surface area contributed by atoms with Crippen molar-refractivity contribution in [3.8, 4) is 12.1 Å². The average Bonchev–Trinajstić information content (AvgIpc) is 3.16. The molecular weight excluding hydrogens is 386 g/mol. The number of nitrogens with zero attached hydrogens (tertiary/aromatic N) is 4. The summed E-state index contributed by atoms with van der Waals surface area (Å²) >= 11 is 0. The van der Waals surface area contributed by atoms with Crippen LogP contribution in [-0.2, 0) is 5.72 Å². The first-order valence-electron chi connectivity index (χ1n) is 10.2. The fourth-order valence-electron chi connectivity index (χ4n) is 3.72. The fraction of sp³-hybridized carbons (Fsp3) is 0.240. The molecule has 1 saturated heterocycles. The fourth-order valence-corrected chi connectivity index (χ4v) is 3.72. The molecule has 154 valence electrons. The molecule has 0 aliphatic carbocycles. The predicted octanol–water partition coefficient (Wildman–Crippen LogP) is 2.69. The van der Waals surface area contributed by atoms with E-state index in [1.165, 1.54) is 32.4 Å². The number of piperidine rings is 1. The van der Waals surface area contributed by atoms with Crippen LogP contribution in [-0.4, -0.2) is 29.8 Å². The minimum Gasteiger partial charge on any atom is -0.762 e. The molecule has 1 atom stereocenters. The summed E-state index contributed by atoms with van der Waals surface area (Å²) < 4.78 is 0. The van der Waals surface area contributed by atoms with Crippen molar-refractivity contribution in [1.29, 1.82) is 10.5 Å². The van der Waals surface area contributed by atoms with Crippen LogP contribution in [0.5, 0.6) is 0 Å². The van der Waals surface area contributed by atoms with Crippen molar-refractivity contribution in [3.63, 3.8) is 0 Å². The van der Waals surface area contributed by atoms with E-state index in [1.54, 1.807) is 66.5 Å². The number of hydrogen-bond donors (Lipinski definition) is 2. The lowest BCUT2D eigenvalue weighted by molar-refractivity contribution is -0.662. The maximum atomic E-state index is 11.4. The van der Waals surface area contributed by atoms with Gasteiger partial charge in [0.1, 0.15) is 17.9 Å². The maximum absolute atomic E-state index is 11.4. The van der Waals surface area contributed by atoms with Gasteiger partial charge in [-0.15, -0.1) is 0 Å². The zero-order valence-electron chi connectivity index (χ0n) is 17.1. The molecule has 0 aromatic heterocycles. The number of hydrogen-bond acceptors (Lipinski definition) is 4. The minimum atomic E-state index is -1.85. The molecule has 0 bridgehead atoms. The molecular formula is C25H23N5O. The van der Waals surface area contributed by atoms with Crippen molar-refractivity contribution in [3.05, 3.63) is 88.3 Å². The van der Waals surface area contributed by atoms with Gasteiger partial charge >= 0.3 is 0 Å². The van der Waals surface area contributed by atoms with Crippen molar-refractivity contribution in [1.82, 2.24) is 0 Å². The molecule has 0 amide bonds. The van der Waals surface area contributed by atoms with Crippen LogP contribution in [0.15, 0.2) is 76.8 Å². The van der Waals surface area contributed by atoms with Crippen LogP contribution >= 0.6 is 0 Å². The maximum Gasteiger partial charge on any atom is 0.211 e. The molecule has 2 aliphatic heterocycles. The number of aliphatic hydroxyl groups is 1. The van der Waals surface area contributed by atoms with Crippen molar-refractivity contribution in [2.45, 2.75) is 25.0 Å². The van der Waals surface area contributed by atoms with Gasteiger partial charge in [0.25, 0.3) is 0 Å². The topological polar surface area (TPSA) is 119 Å². The largest absolute Gasteiger partial charge is 0.762 e. The van der Waals surface area contributed by atoms with Crippen LogP contribution in [0.3, 0.4) is 0 Å². The quantitative estimate of drug-likeness (QED) is 0.599. The number of rotatable bonds is 3. The predicted molar refractivity (Wildman–Crippen MR) is 120 cm³/mol. The first kappa shape index (κ1) is 21.9. The van der Waals surface area contributed by atoms with Gasteiger partial charge in [0, 0.05) is 11.1 Å². The molecule has 2 aromatic carbocycles. The molecule has 3 N–H and O–H groups in total. The number of nitrogens with two attached hydrogens (primary N) is 1. The van der Waals surface area contributed by atoms with Gasteiger partial charge in [-0.1, -0.05) is 60.7 Å². The summed E-state index contributed by atoms with van der Waals surface area (Å²) in [5, 5.41) is 41.8. The van der Waals surface area contributed by atoms with Gasteiger partial charge in [0.2, 0.25) is 5.72 Å². The van der Waals surface area contributed by atoms with Crippen LogP contribution in [0.25, 0.3) is 11.0 Å². The van der Waals surface area contributed by atoms with Gasteiger partial charge in [-0.3, -0.25) is 0 Å². The van der Waals surface area contributed by atoms with E-state index in [0.717, 1.165) is 0 Å². The second-order valence-electron chi connectivity index (χ2n) is 7.25. The molecule has 2 aromatic rings. The molecule has 4 rings (SSSR count). The summed E-state index contributed by atoms with van der Waals surface area (Å²) in [5.41, 5.74) is -0.904. The lowest BCUT2D eigenvalue weighted by atomic mass is 9.87. The van der Waals surface area contributed by atoms with Crippen LogP contribution in [0.1, 0.15) is 30.4 Å². The van der Waals surface area contributed by atoms with Crippen molar-refractivity contribution in [2.24, 2.45) is 4.99 Å². The molecule has 0 saturated carbocycles. The normalized spacial score (nSPS) is 19.8. The molecule has 1 unspecified atom stereocenters.